The first-order valence-electron chi connectivity index (χ1n) is 6.38. The molecule has 1 heterocycles. The number of esters is 1. The molecule has 2 radical (unpaired) electrons. The van der Waals surface area contributed by atoms with Crippen LogP contribution in [0.5, 0.6) is 0 Å². The summed E-state index contributed by atoms with van der Waals surface area (Å²) in [5.74, 6) is -0.793. The predicted molar refractivity (Wildman–Crippen MR) is 70.9 cm³/mol. The molecule has 20 heavy (non-hydrogen) atoms. The minimum absolute atomic E-state index is 0.159. The van der Waals surface area contributed by atoms with E-state index in [4.69, 9.17) is 7.85 Å². The number of amides is 1. The maximum Gasteiger partial charge on any atom is 0.325 e. The van der Waals surface area contributed by atoms with Gasteiger partial charge in [0.15, 0.2) is 0 Å². The number of halogens is 1. The van der Waals surface area contributed by atoms with Gasteiger partial charge in [0.2, 0.25) is 0 Å². The van der Waals surface area contributed by atoms with E-state index in [2.05, 4.69) is 4.74 Å². The van der Waals surface area contributed by atoms with Crippen molar-refractivity contribution < 1.29 is 18.7 Å². The zero-order chi connectivity index (χ0) is 14.5. The van der Waals surface area contributed by atoms with E-state index >= 15 is 0 Å². The summed E-state index contributed by atoms with van der Waals surface area (Å²) in [5, 5.41) is 0. The molecule has 0 aromatic heterocycles. The first kappa shape index (κ1) is 13.2. The summed E-state index contributed by atoms with van der Waals surface area (Å²) in [6, 6.07) is 4.88. The van der Waals surface area contributed by atoms with E-state index in [1.165, 1.54) is 12.0 Å². The lowest BCUT2D eigenvalue weighted by atomic mass is 9.82. The maximum atomic E-state index is 13.9. The zero-order valence-corrected chi connectivity index (χ0v) is 11.1. The quantitative estimate of drug-likeness (QED) is 0.566. The Morgan fingerprint density at radius 3 is 2.90 bits per heavy atom. The Kier molecular flexibility index (Phi) is 2.85. The van der Waals surface area contributed by atoms with Crippen molar-refractivity contribution >= 4 is 25.2 Å². The van der Waals surface area contributed by atoms with Crippen LogP contribution in [0.1, 0.15) is 22.3 Å². The van der Waals surface area contributed by atoms with Crippen LogP contribution in [0.25, 0.3) is 0 Å². The average Bonchev–Trinajstić information content (AvgIpc) is 3.06. The highest BCUT2D eigenvalue weighted by Gasteiger charge is 2.61. The summed E-state index contributed by atoms with van der Waals surface area (Å²) in [5.41, 5.74) is 0.897. The third kappa shape index (κ3) is 1.82. The maximum absolute atomic E-state index is 13.9. The van der Waals surface area contributed by atoms with Crippen molar-refractivity contribution in [1.82, 2.24) is 4.90 Å². The summed E-state index contributed by atoms with van der Waals surface area (Å²) in [6.07, 6.45) is -0.648. The van der Waals surface area contributed by atoms with E-state index in [0.29, 0.717) is 23.0 Å². The molecular formula is C14H13BFNO3. The van der Waals surface area contributed by atoms with Crippen LogP contribution in [-0.2, 0) is 14.9 Å². The molecule has 0 saturated heterocycles. The fraction of sp³-hybridized carbons (Fsp3) is 0.429. The van der Waals surface area contributed by atoms with E-state index in [9.17, 15) is 14.0 Å². The Balaban J connectivity index is 2.01. The molecule has 2 atom stereocenters. The Labute approximate surface area is 117 Å². The highest BCUT2D eigenvalue weighted by molar-refractivity contribution is 6.32. The van der Waals surface area contributed by atoms with E-state index in [1.54, 1.807) is 18.2 Å². The number of benzene rings is 1. The Bertz CT molecular complexity index is 606. The number of methoxy groups -OCH3 is 1. The fourth-order valence-corrected chi connectivity index (χ4v) is 2.88. The number of alkyl halides is 1. The van der Waals surface area contributed by atoms with Gasteiger partial charge in [-0.1, -0.05) is 17.6 Å². The number of fused-ring (bicyclic) bond motifs is 2. The van der Waals surface area contributed by atoms with Gasteiger partial charge in [-0.2, -0.15) is 0 Å². The van der Waals surface area contributed by atoms with Crippen molar-refractivity contribution in [2.45, 2.75) is 18.0 Å². The van der Waals surface area contributed by atoms with Crippen molar-refractivity contribution in [2.75, 3.05) is 20.2 Å². The molecule has 1 aliphatic carbocycles. The molecular weight excluding hydrogens is 260 g/mol. The minimum atomic E-state index is -1.00. The number of hydrogen-bond acceptors (Lipinski definition) is 3. The molecule has 1 saturated carbocycles. The second-order valence-electron chi connectivity index (χ2n) is 5.37. The van der Waals surface area contributed by atoms with Gasteiger partial charge in [-0.15, -0.1) is 0 Å². The van der Waals surface area contributed by atoms with E-state index in [-0.39, 0.29) is 19.0 Å². The fourth-order valence-electron chi connectivity index (χ4n) is 2.88. The second kappa shape index (κ2) is 4.33. The number of carbonyl (C=O) groups is 2. The Hall–Kier alpha value is -1.85. The van der Waals surface area contributed by atoms with Crippen molar-refractivity contribution in [3.05, 3.63) is 29.3 Å². The Morgan fingerprint density at radius 1 is 1.60 bits per heavy atom. The summed E-state index contributed by atoms with van der Waals surface area (Å²) < 4.78 is 18.5. The van der Waals surface area contributed by atoms with E-state index in [0.717, 1.165) is 0 Å². The largest absolute Gasteiger partial charge is 0.468 e. The molecule has 6 heteroatoms. The highest BCUT2D eigenvalue weighted by Crippen LogP contribution is 2.54. The Morgan fingerprint density at radius 2 is 2.30 bits per heavy atom. The molecule has 4 nitrogen and oxygen atoms in total. The molecule has 1 aliphatic heterocycles. The molecule has 0 unspecified atom stereocenters. The van der Waals surface area contributed by atoms with Gasteiger partial charge in [0.05, 0.1) is 7.11 Å². The summed E-state index contributed by atoms with van der Waals surface area (Å²) in [7, 11) is 7.00. The first-order chi connectivity index (χ1) is 9.48. The zero-order valence-electron chi connectivity index (χ0n) is 11.1. The van der Waals surface area contributed by atoms with Crippen molar-refractivity contribution in [3.63, 3.8) is 0 Å². The van der Waals surface area contributed by atoms with Gasteiger partial charge in [-0.25, -0.2) is 4.39 Å². The lowest BCUT2D eigenvalue weighted by Crippen LogP contribution is -2.47. The van der Waals surface area contributed by atoms with Crippen LogP contribution < -0.4 is 5.46 Å². The van der Waals surface area contributed by atoms with Gasteiger partial charge in [0.1, 0.15) is 20.6 Å². The molecule has 0 bridgehead atoms. The predicted octanol–water partition coefficient (Wildman–Crippen LogP) is 0.0888. The van der Waals surface area contributed by atoms with Gasteiger partial charge in [0.25, 0.3) is 5.91 Å². The summed E-state index contributed by atoms with van der Waals surface area (Å²) in [6.45, 7) is 0.0339. The minimum Gasteiger partial charge on any atom is -0.468 e. The number of nitrogens with zero attached hydrogens (tertiary/aromatic N) is 1. The molecule has 1 aromatic carbocycles. The van der Waals surface area contributed by atoms with Crippen LogP contribution in [-0.4, -0.2) is 51.0 Å². The van der Waals surface area contributed by atoms with Gasteiger partial charge in [-0.3, -0.25) is 9.59 Å². The SMILES string of the molecule is [B]c1ccc2c(c1)[C@]1(C[C@@H]1F)CN(CC(=O)OC)C2=O. The molecule has 1 fully saturated rings. The third-order valence-corrected chi connectivity index (χ3v) is 4.10. The number of carbonyl (C=O) groups excluding carboxylic acids is 2. The standard InChI is InChI=1S/C14H13BFNO3/c1-20-12(18)6-17-7-14(5-11(14)16)10-4-8(15)2-3-9(10)13(17)19/h2-4,11H,5-7H2,1H3/t11-,14-/m0/s1. The summed E-state index contributed by atoms with van der Waals surface area (Å²) in [4.78, 5) is 25.1. The first-order valence-corrected chi connectivity index (χ1v) is 6.38. The van der Waals surface area contributed by atoms with Crippen LogP contribution in [0.15, 0.2) is 18.2 Å². The molecule has 102 valence electrons. The lowest BCUT2D eigenvalue weighted by molar-refractivity contribution is -0.141. The third-order valence-electron chi connectivity index (χ3n) is 4.10. The number of hydrogen-bond donors (Lipinski definition) is 0. The van der Waals surface area contributed by atoms with Crippen LogP contribution >= 0.6 is 0 Å². The normalized spacial score (nSPS) is 27.4. The topological polar surface area (TPSA) is 46.6 Å². The van der Waals surface area contributed by atoms with Crippen molar-refractivity contribution in [3.8, 4) is 0 Å². The van der Waals surface area contributed by atoms with Crippen LogP contribution in [0.2, 0.25) is 0 Å². The lowest BCUT2D eigenvalue weighted by Gasteiger charge is -2.34. The molecule has 1 spiro atoms. The molecule has 1 aromatic rings. The van der Waals surface area contributed by atoms with Gasteiger partial charge >= 0.3 is 5.97 Å². The molecule has 3 rings (SSSR count). The monoisotopic (exact) mass is 273 g/mol. The second-order valence-corrected chi connectivity index (χ2v) is 5.37. The van der Waals surface area contributed by atoms with Crippen molar-refractivity contribution in [1.29, 1.82) is 0 Å². The molecule has 0 N–H and O–H groups in total. The molecule has 2 aliphatic rings. The van der Waals surface area contributed by atoms with Gasteiger partial charge < -0.3 is 9.64 Å². The van der Waals surface area contributed by atoms with E-state index in [1.807, 2.05) is 0 Å². The van der Waals surface area contributed by atoms with E-state index < -0.39 is 17.6 Å². The summed E-state index contributed by atoms with van der Waals surface area (Å²) >= 11 is 0. The average molecular weight is 273 g/mol. The number of rotatable bonds is 2. The van der Waals surface area contributed by atoms with Crippen molar-refractivity contribution in [2.24, 2.45) is 0 Å². The molecule has 1 amide bonds. The smallest absolute Gasteiger partial charge is 0.325 e. The van der Waals surface area contributed by atoms with Crippen LogP contribution in [0.4, 0.5) is 4.39 Å². The van der Waals surface area contributed by atoms with Crippen LogP contribution in [0.3, 0.4) is 0 Å². The van der Waals surface area contributed by atoms with Crippen LogP contribution in [0, 0.1) is 0 Å². The van der Waals surface area contributed by atoms with Gasteiger partial charge in [0, 0.05) is 17.5 Å². The highest BCUT2D eigenvalue weighted by atomic mass is 19.1. The van der Waals surface area contributed by atoms with Gasteiger partial charge in [-0.05, 0) is 18.1 Å². The number of ether oxygens (including phenoxy) is 1.